The van der Waals surface area contributed by atoms with Crippen LogP contribution in [-0.4, -0.2) is 38.0 Å². The molecule has 1 saturated carbocycles. The summed E-state index contributed by atoms with van der Waals surface area (Å²) in [5, 5.41) is 9.49. The molecule has 1 fully saturated rings. The predicted molar refractivity (Wildman–Crippen MR) is 79.1 cm³/mol. The van der Waals surface area contributed by atoms with E-state index in [1.165, 1.54) is 4.31 Å². The second-order valence-electron chi connectivity index (χ2n) is 6.10. The molecule has 1 aliphatic rings. The molecule has 1 aliphatic carbocycles. The zero-order chi connectivity index (χ0) is 15.0. The Bertz CT molecular complexity index is 565. The van der Waals surface area contributed by atoms with Gasteiger partial charge in [0.25, 0.3) is 0 Å². The summed E-state index contributed by atoms with van der Waals surface area (Å²) in [6.07, 6.45) is 2.87. The molecule has 5 heteroatoms. The Kier molecular flexibility index (Phi) is 4.23. The van der Waals surface area contributed by atoms with Gasteiger partial charge in [-0.05, 0) is 49.9 Å². The number of rotatable bonds is 5. The molecule has 0 amide bonds. The minimum atomic E-state index is -3.48. The van der Waals surface area contributed by atoms with E-state index in [2.05, 4.69) is 0 Å². The third-order valence-electron chi connectivity index (χ3n) is 4.21. The molecule has 0 bridgehead atoms. The Morgan fingerprint density at radius 1 is 1.20 bits per heavy atom. The van der Waals surface area contributed by atoms with Gasteiger partial charge < -0.3 is 5.11 Å². The van der Waals surface area contributed by atoms with Gasteiger partial charge in [0.15, 0.2) is 0 Å². The van der Waals surface area contributed by atoms with E-state index in [0.717, 1.165) is 30.4 Å². The summed E-state index contributed by atoms with van der Waals surface area (Å²) in [5.74, 6) is 0. The number of sulfonamides is 1. The number of benzene rings is 1. The first-order chi connectivity index (χ1) is 9.29. The lowest BCUT2D eigenvalue weighted by molar-refractivity contribution is 0.0311. The zero-order valence-corrected chi connectivity index (χ0v) is 13.2. The second-order valence-corrected chi connectivity index (χ2v) is 8.14. The molecular formula is C15H23NO3S. The Morgan fingerprint density at radius 2 is 1.75 bits per heavy atom. The third-order valence-corrected chi connectivity index (χ3v) is 5.99. The summed E-state index contributed by atoms with van der Waals surface area (Å²) < 4.78 is 26.6. The highest BCUT2D eigenvalue weighted by molar-refractivity contribution is 7.89. The molecule has 0 saturated heterocycles. The fourth-order valence-electron chi connectivity index (χ4n) is 2.86. The molecule has 112 valence electrons. The van der Waals surface area contributed by atoms with E-state index in [1.807, 2.05) is 19.9 Å². The van der Waals surface area contributed by atoms with Gasteiger partial charge in [-0.25, -0.2) is 12.7 Å². The van der Waals surface area contributed by atoms with Crippen LogP contribution in [0.1, 0.15) is 30.4 Å². The first kappa shape index (κ1) is 15.5. The molecular weight excluding hydrogens is 274 g/mol. The molecule has 0 unspecified atom stereocenters. The van der Waals surface area contributed by atoms with Gasteiger partial charge in [0.1, 0.15) is 0 Å². The minimum absolute atomic E-state index is 0.0553. The van der Waals surface area contributed by atoms with Gasteiger partial charge in [-0.15, -0.1) is 0 Å². The topological polar surface area (TPSA) is 57.6 Å². The lowest BCUT2D eigenvalue weighted by atomic mass is 9.69. The zero-order valence-electron chi connectivity index (χ0n) is 12.4. The Labute approximate surface area is 121 Å². The maximum absolute atomic E-state index is 12.6. The second kappa shape index (κ2) is 5.47. The highest BCUT2D eigenvalue weighted by Crippen LogP contribution is 2.41. The SMILES string of the molecule is Cc1cc(C)cc(S(=O)(=O)N(C)CC2(CO)CCC2)c1. The maximum Gasteiger partial charge on any atom is 0.242 e. The average Bonchev–Trinajstić information content (AvgIpc) is 2.32. The van der Waals surface area contributed by atoms with Crippen molar-refractivity contribution >= 4 is 10.0 Å². The fraction of sp³-hybridized carbons (Fsp3) is 0.600. The van der Waals surface area contributed by atoms with Gasteiger partial charge >= 0.3 is 0 Å². The Morgan fingerprint density at radius 3 is 2.15 bits per heavy atom. The molecule has 20 heavy (non-hydrogen) atoms. The van der Waals surface area contributed by atoms with Crippen molar-refractivity contribution in [1.82, 2.24) is 4.31 Å². The van der Waals surface area contributed by atoms with E-state index in [-0.39, 0.29) is 12.0 Å². The van der Waals surface area contributed by atoms with E-state index in [9.17, 15) is 13.5 Å². The van der Waals surface area contributed by atoms with Crippen molar-refractivity contribution in [1.29, 1.82) is 0 Å². The van der Waals surface area contributed by atoms with Crippen LogP contribution >= 0.6 is 0 Å². The number of hydrogen-bond acceptors (Lipinski definition) is 3. The fourth-order valence-corrected chi connectivity index (χ4v) is 4.34. The van der Waals surface area contributed by atoms with Crippen LogP contribution in [0, 0.1) is 19.3 Å². The van der Waals surface area contributed by atoms with E-state index < -0.39 is 10.0 Å². The molecule has 2 rings (SSSR count). The van der Waals surface area contributed by atoms with Gasteiger partial charge in [-0.2, -0.15) is 0 Å². The van der Waals surface area contributed by atoms with E-state index >= 15 is 0 Å². The predicted octanol–water partition coefficient (Wildman–Crippen LogP) is 2.09. The summed E-state index contributed by atoms with van der Waals surface area (Å²) in [7, 11) is -1.88. The Hall–Kier alpha value is -0.910. The van der Waals surface area contributed by atoms with Crippen LogP contribution in [0.4, 0.5) is 0 Å². The van der Waals surface area contributed by atoms with Crippen molar-refractivity contribution in [2.24, 2.45) is 5.41 Å². The number of aryl methyl sites for hydroxylation is 2. The Balaban J connectivity index is 2.25. The molecule has 4 nitrogen and oxygen atoms in total. The third kappa shape index (κ3) is 2.90. The van der Waals surface area contributed by atoms with Crippen LogP contribution in [0.5, 0.6) is 0 Å². The number of hydrogen-bond donors (Lipinski definition) is 1. The molecule has 0 heterocycles. The van der Waals surface area contributed by atoms with Crippen LogP contribution in [-0.2, 0) is 10.0 Å². The maximum atomic E-state index is 12.6. The molecule has 0 aromatic heterocycles. The van der Waals surface area contributed by atoms with Crippen molar-refractivity contribution in [2.45, 2.75) is 38.0 Å². The molecule has 1 aromatic carbocycles. The van der Waals surface area contributed by atoms with E-state index in [1.54, 1.807) is 19.2 Å². The summed E-state index contributed by atoms with van der Waals surface area (Å²) in [4.78, 5) is 0.338. The van der Waals surface area contributed by atoms with Crippen molar-refractivity contribution in [3.8, 4) is 0 Å². The lowest BCUT2D eigenvalue weighted by Gasteiger charge is -2.42. The quantitative estimate of drug-likeness (QED) is 0.905. The molecule has 0 atom stereocenters. The van der Waals surface area contributed by atoms with E-state index in [0.29, 0.717) is 11.4 Å². The minimum Gasteiger partial charge on any atom is -0.396 e. The highest BCUT2D eigenvalue weighted by atomic mass is 32.2. The first-order valence-corrected chi connectivity index (χ1v) is 8.39. The van der Waals surface area contributed by atoms with Crippen LogP contribution < -0.4 is 0 Å². The highest BCUT2D eigenvalue weighted by Gasteiger charge is 2.39. The largest absolute Gasteiger partial charge is 0.396 e. The van der Waals surface area contributed by atoms with Crippen molar-refractivity contribution in [3.05, 3.63) is 29.3 Å². The van der Waals surface area contributed by atoms with Crippen LogP contribution in [0.2, 0.25) is 0 Å². The van der Waals surface area contributed by atoms with Gasteiger partial charge in [0, 0.05) is 25.6 Å². The van der Waals surface area contributed by atoms with Gasteiger partial charge in [-0.3, -0.25) is 0 Å². The van der Waals surface area contributed by atoms with Crippen molar-refractivity contribution < 1.29 is 13.5 Å². The molecule has 0 spiro atoms. The number of aliphatic hydroxyl groups is 1. The number of aliphatic hydroxyl groups excluding tert-OH is 1. The van der Waals surface area contributed by atoms with Crippen LogP contribution in [0.25, 0.3) is 0 Å². The normalized spacial score (nSPS) is 18.1. The summed E-state index contributed by atoms with van der Waals surface area (Å²) in [6, 6.07) is 5.36. The number of nitrogens with zero attached hydrogens (tertiary/aromatic N) is 1. The summed E-state index contributed by atoms with van der Waals surface area (Å²) in [5.41, 5.74) is 1.65. The van der Waals surface area contributed by atoms with Gasteiger partial charge in [-0.1, -0.05) is 12.5 Å². The van der Waals surface area contributed by atoms with Crippen LogP contribution in [0.3, 0.4) is 0 Å². The molecule has 0 radical (unpaired) electrons. The van der Waals surface area contributed by atoms with Crippen molar-refractivity contribution in [3.63, 3.8) is 0 Å². The molecule has 1 N–H and O–H groups in total. The smallest absolute Gasteiger partial charge is 0.242 e. The van der Waals surface area contributed by atoms with Crippen molar-refractivity contribution in [2.75, 3.05) is 20.2 Å². The van der Waals surface area contributed by atoms with Gasteiger partial charge in [0.2, 0.25) is 10.0 Å². The van der Waals surface area contributed by atoms with Crippen LogP contribution in [0.15, 0.2) is 23.1 Å². The standard InChI is InChI=1S/C15H23NO3S/c1-12-7-13(2)9-14(8-12)20(18,19)16(3)10-15(11-17)5-4-6-15/h7-9,17H,4-6,10-11H2,1-3H3. The van der Waals surface area contributed by atoms with E-state index in [4.69, 9.17) is 0 Å². The van der Waals surface area contributed by atoms with Gasteiger partial charge in [0.05, 0.1) is 4.90 Å². The molecule has 1 aromatic rings. The monoisotopic (exact) mass is 297 g/mol. The average molecular weight is 297 g/mol. The first-order valence-electron chi connectivity index (χ1n) is 6.95. The lowest BCUT2D eigenvalue weighted by Crippen LogP contribution is -2.45. The molecule has 0 aliphatic heterocycles. The summed E-state index contributed by atoms with van der Waals surface area (Å²) in [6.45, 7) is 4.23. The summed E-state index contributed by atoms with van der Waals surface area (Å²) >= 11 is 0.